The van der Waals surface area contributed by atoms with E-state index in [1.807, 2.05) is 30.3 Å². The first-order valence-corrected chi connectivity index (χ1v) is 10.8. The molecule has 1 aromatic carbocycles. The van der Waals surface area contributed by atoms with Crippen LogP contribution in [0.3, 0.4) is 0 Å². The van der Waals surface area contributed by atoms with Crippen LogP contribution in [0.2, 0.25) is 0 Å². The van der Waals surface area contributed by atoms with Crippen molar-refractivity contribution in [2.45, 2.75) is 0 Å². The quantitative estimate of drug-likeness (QED) is 0.215. The molecule has 0 atom stereocenters. The summed E-state index contributed by atoms with van der Waals surface area (Å²) in [5, 5.41) is 10.9. The van der Waals surface area contributed by atoms with Crippen molar-refractivity contribution in [3.8, 4) is 5.75 Å². The smallest absolute Gasteiger partial charge is 0.329 e. The number of hydrogen-bond acceptors (Lipinski definition) is 9. The molecule has 0 unspecified atom stereocenters. The largest absolute Gasteiger partial charge is 0.491 e. The predicted molar refractivity (Wildman–Crippen MR) is 117 cm³/mol. The Morgan fingerprint density at radius 2 is 1.12 bits per heavy atom. The molecule has 0 radical (unpaired) electrons. The number of para-hydroxylation sites is 1. The van der Waals surface area contributed by atoms with Crippen molar-refractivity contribution in [1.82, 2.24) is 5.32 Å². The lowest BCUT2D eigenvalue weighted by atomic mass is 10.3. The highest BCUT2D eigenvalue weighted by molar-refractivity contribution is 5.77. The van der Waals surface area contributed by atoms with Crippen LogP contribution in [-0.2, 0) is 38.0 Å². The van der Waals surface area contributed by atoms with E-state index in [-0.39, 0.29) is 6.61 Å². The van der Waals surface area contributed by atoms with Crippen LogP contribution in [0, 0.1) is 0 Å². The van der Waals surface area contributed by atoms with Crippen LogP contribution in [0.1, 0.15) is 0 Å². The normalized spacial score (nSPS) is 10.8. The second kappa shape index (κ2) is 21.6. The van der Waals surface area contributed by atoms with Crippen molar-refractivity contribution < 1.29 is 47.9 Å². The molecule has 11 heteroatoms. The zero-order valence-corrected chi connectivity index (χ0v) is 18.9. The van der Waals surface area contributed by atoms with Gasteiger partial charge in [-0.3, -0.25) is 4.79 Å². The fourth-order valence-corrected chi connectivity index (χ4v) is 2.26. The van der Waals surface area contributed by atoms with E-state index in [2.05, 4.69) is 10.1 Å². The monoisotopic (exact) mass is 473 g/mol. The van der Waals surface area contributed by atoms with E-state index < -0.39 is 18.5 Å². The molecule has 0 fully saturated rings. The maximum atomic E-state index is 11.3. The van der Waals surface area contributed by atoms with E-state index in [0.29, 0.717) is 79.2 Å². The number of carbonyl (C=O) groups is 2. The molecule has 0 aliphatic heterocycles. The maximum absolute atomic E-state index is 11.3. The minimum atomic E-state index is -1.12. The van der Waals surface area contributed by atoms with Gasteiger partial charge in [-0.25, -0.2) is 4.79 Å². The second-order valence-corrected chi connectivity index (χ2v) is 6.46. The molecule has 0 bridgehead atoms. The van der Waals surface area contributed by atoms with E-state index >= 15 is 0 Å². The molecular weight excluding hydrogens is 438 g/mol. The molecule has 188 valence electrons. The van der Waals surface area contributed by atoms with Crippen LogP contribution in [-0.4, -0.2) is 109 Å². The number of ether oxygens (including phenoxy) is 7. The number of nitrogens with one attached hydrogen (secondary N) is 1. The minimum absolute atomic E-state index is 0.293. The summed E-state index contributed by atoms with van der Waals surface area (Å²) in [5.74, 6) is -0.680. The van der Waals surface area contributed by atoms with Crippen LogP contribution in [0.15, 0.2) is 30.3 Å². The number of carboxylic acids is 1. The maximum Gasteiger partial charge on any atom is 0.329 e. The first-order valence-electron chi connectivity index (χ1n) is 10.8. The standard InChI is InChI=1S/C22H35NO10/c24-21(18-32-19-22(25)26)23-6-7-27-8-9-28-10-11-29-12-13-30-14-15-31-16-17-33-20-4-2-1-3-5-20/h1-5H,6-19H2,(H,23,24)(H,25,26). The van der Waals surface area contributed by atoms with Crippen molar-refractivity contribution in [3.63, 3.8) is 0 Å². The SMILES string of the molecule is O=C(O)COCC(=O)NCCOCCOCCOCCOCCOCCOc1ccccc1. The summed E-state index contributed by atoms with van der Waals surface area (Å²) in [5.41, 5.74) is 0. The summed E-state index contributed by atoms with van der Waals surface area (Å²) in [6.45, 7) is 4.54. The summed E-state index contributed by atoms with van der Waals surface area (Å²) in [6, 6.07) is 9.59. The van der Waals surface area contributed by atoms with Crippen molar-refractivity contribution in [2.75, 3.05) is 92.4 Å². The van der Waals surface area contributed by atoms with Gasteiger partial charge in [-0.2, -0.15) is 0 Å². The minimum Gasteiger partial charge on any atom is -0.491 e. The van der Waals surface area contributed by atoms with Gasteiger partial charge in [0.1, 0.15) is 25.6 Å². The third kappa shape index (κ3) is 20.1. The summed E-state index contributed by atoms with van der Waals surface area (Å²) in [7, 11) is 0. The summed E-state index contributed by atoms with van der Waals surface area (Å²) >= 11 is 0. The van der Waals surface area contributed by atoms with E-state index in [9.17, 15) is 9.59 Å². The number of carboxylic acid groups (broad SMARTS) is 1. The van der Waals surface area contributed by atoms with Crippen molar-refractivity contribution in [1.29, 1.82) is 0 Å². The average molecular weight is 474 g/mol. The molecule has 33 heavy (non-hydrogen) atoms. The van der Waals surface area contributed by atoms with Gasteiger partial charge in [-0.15, -0.1) is 0 Å². The lowest BCUT2D eigenvalue weighted by Gasteiger charge is -2.09. The first-order chi connectivity index (χ1) is 16.2. The number of carbonyl (C=O) groups excluding carboxylic acids is 1. The Morgan fingerprint density at radius 1 is 0.636 bits per heavy atom. The van der Waals surface area contributed by atoms with Gasteiger partial charge < -0.3 is 43.6 Å². The number of aliphatic carboxylic acids is 1. The zero-order valence-electron chi connectivity index (χ0n) is 18.9. The fraction of sp³-hybridized carbons (Fsp3) is 0.636. The molecular formula is C22H35NO10. The molecule has 1 aromatic rings. The molecule has 2 N–H and O–H groups in total. The highest BCUT2D eigenvalue weighted by Crippen LogP contribution is 2.07. The molecule has 1 rings (SSSR count). The van der Waals surface area contributed by atoms with Crippen molar-refractivity contribution in [3.05, 3.63) is 30.3 Å². The van der Waals surface area contributed by atoms with E-state index in [0.717, 1.165) is 5.75 Å². The van der Waals surface area contributed by atoms with Gasteiger partial charge in [-0.1, -0.05) is 18.2 Å². The Hall–Kier alpha value is -2.28. The van der Waals surface area contributed by atoms with Crippen molar-refractivity contribution >= 4 is 11.9 Å². The number of hydrogen-bond donors (Lipinski definition) is 2. The van der Waals surface area contributed by atoms with Gasteiger partial charge in [0.25, 0.3) is 0 Å². The molecule has 1 amide bonds. The molecule has 0 heterocycles. The van der Waals surface area contributed by atoms with E-state index in [4.69, 9.17) is 33.5 Å². The van der Waals surface area contributed by atoms with Crippen molar-refractivity contribution in [2.24, 2.45) is 0 Å². The predicted octanol–water partition coefficient (Wildman–Crippen LogP) is 0.366. The summed E-state index contributed by atoms with van der Waals surface area (Å²) < 4.78 is 37.1. The number of amides is 1. The van der Waals surface area contributed by atoms with Gasteiger partial charge in [0.15, 0.2) is 0 Å². The number of benzene rings is 1. The van der Waals surface area contributed by atoms with E-state index in [1.54, 1.807) is 0 Å². The van der Waals surface area contributed by atoms with Gasteiger partial charge in [0, 0.05) is 6.54 Å². The molecule has 0 spiro atoms. The van der Waals surface area contributed by atoms with Gasteiger partial charge in [0.05, 0.1) is 66.1 Å². The Balaban J connectivity index is 1.70. The topological polar surface area (TPSA) is 131 Å². The molecule has 0 saturated carbocycles. The highest BCUT2D eigenvalue weighted by atomic mass is 16.6. The average Bonchev–Trinajstić information content (AvgIpc) is 2.81. The highest BCUT2D eigenvalue weighted by Gasteiger charge is 2.03. The fourth-order valence-electron chi connectivity index (χ4n) is 2.26. The van der Waals surface area contributed by atoms with Crippen LogP contribution in [0.5, 0.6) is 5.75 Å². The van der Waals surface area contributed by atoms with Crippen LogP contribution >= 0.6 is 0 Å². The van der Waals surface area contributed by atoms with E-state index in [1.165, 1.54) is 0 Å². The first kappa shape index (κ1) is 28.8. The van der Waals surface area contributed by atoms with Crippen LogP contribution in [0.4, 0.5) is 0 Å². The Bertz CT molecular complexity index is 602. The van der Waals surface area contributed by atoms with Crippen LogP contribution < -0.4 is 10.1 Å². The molecule has 0 saturated heterocycles. The molecule has 0 aliphatic carbocycles. The third-order valence-electron chi connectivity index (χ3n) is 3.75. The molecule has 11 nitrogen and oxygen atoms in total. The zero-order chi connectivity index (χ0) is 23.8. The lowest BCUT2D eigenvalue weighted by Crippen LogP contribution is -2.31. The lowest BCUT2D eigenvalue weighted by molar-refractivity contribution is -0.143. The number of rotatable bonds is 23. The Kier molecular flexibility index (Phi) is 18.8. The summed E-state index contributed by atoms with van der Waals surface area (Å²) in [6.07, 6.45) is 0. The third-order valence-corrected chi connectivity index (χ3v) is 3.75. The Morgan fingerprint density at radius 3 is 1.64 bits per heavy atom. The Labute approximate surface area is 194 Å². The molecule has 0 aliphatic rings. The summed E-state index contributed by atoms with van der Waals surface area (Å²) in [4.78, 5) is 21.5. The second-order valence-electron chi connectivity index (χ2n) is 6.46. The van der Waals surface area contributed by atoms with Crippen LogP contribution in [0.25, 0.3) is 0 Å². The molecule has 0 aromatic heterocycles. The van der Waals surface area contributed by atoms with Gasteiger partial charge in [0.2, 0.25) is 5.91 Å². The van der Waals surface area contributed by atoms with Gasteiger partial charge in [-0.05, 0) is 12.1 Å². The van der Waals surface area contributed by atoms with Gasteiger partial charge >= 0.3 is 5.97 Å².